The van der Waals surface area contributed by atoms with Crippen molar-refractivity contribution in [2.75, 3.05) is 0 Å². The molecule has 7 heteroatoms. The van der Waals surface area contributed by atoms with Crippen molar-refractivity contribution in [3.05, 3.63) is 39.9 Å². The van der Waals surface area contributed by atoms with Gasteiger partial charge in [0.15, 0.2) is 6.10 Å². The van der Waals surface area contributed by atoms with E-state index in [1.807, 2.05) is 0 Å². The second kappa shape index (κ2) is 3.85. The van der Waals surface area contributed by atoms with E-state index < -0.39 is 28.5 Å². The van der Waals surface area contributed by atoms with Crippen molar-refractivity contribution in [2.24, 2.45) is 0 Å². The van der Waals surface area contributed by atoms with Crippen LogP contribution >= 0.6 is 0 Å². The number of nitrogens with zero attached hydrogens (tertiary/aromatic N) is 1. The summed E-state index contributed by atoms with van der Waals surface area (Å²) >= 11 is 0. The van der Waals surface area contributed by atoms with Crippen molar-refractivity contribution in [1.29, 1.82) is 0 Å². The Morgan fingerprint density at radius 2 is 2.00 bits per heavy atom. The molecule has 0 fully saturated rings. The van der Waals surface area contributed by atoms with Crippen molar-refractivity contribution in [3.63, 3.8) is 0 Å². The van der Waals surface area contributed by atoms with Crippen LogP contribution in [0.2, 0.25) is 0 Å². The Morgan fingerprint density at radius 3 is 2.47 bits per heavy atom. The van der Waals surface area contributed by atoms with E-state index in [2.05, 4.69) is 0 Å². The third-order valence-electron chi connectivity index (χ3n) is 1.71. The van der Waals surface area contributed by atoms with Gasteiger partial charge in [0, 0.05) is 12.1 Å². The van der Waals surface area contributed by atoms with E-state index in [1.54, 1.807) is 0 Å². The second-order valence-electron chi connectivity index (χ2n) is 2.80. The Kier molecular flexibility index (Phi) is 2.94. The van der Waals surface area contributed by atoms with Gasteiger partial charge in [-0.1, -0.05) is 12.1 Å². The van der Waals surface area contributed by atoms with Gasteiger partial charge >= 0.3 is 6.18 Å². The monoisotopic (exact) mass is 221 g/mol. The molecule has 1 atom stereocenters. The van der Waals surface area contributed by atoms with Crippen LogP contribution in [0.1, 0.15) is 11.7 Å². The lowest BCUT2D eigenvalue weighted by atomic mass is 10.1. The van der Waals surface area contributed by atoms with E-state index in [0.29, 0.717) is 6.07 Å². The van der Waals surface area contributed by atoms with E-state index in [0.717, 1.165) is 18.2 Å². The van der Waals surface area contributed by atoms with E-state index in [1.165, 1.54) is 0 Å². The largest absolute Gasteiger partial charge is 0.418 e. The fraction of sp³-hybridized carbons (Fsp3) is 0.250. The zero-order chi connectivity index (χ0) is 11.6. The average Bonchev–Trinajstić information content (AvgIpc) is 2.15. The predicted octanol–water partition coefficient (Wildman–Crippen LogP) is 2.19. The summed E-state index contributed by atoms with van der Waals surface area (Å²) in [5, 5.41) is 19.1. The van der Waals surface area contributed by atoms with Gasteiger partial charge in [-0.05, 0) is 5.56 Å². The van der Waals surface area contributed by atoms with Crippen LogP contribution < -0.4 is 0 Å². The zero-order valence-corrected chi connectivity index (χ0v) is 7.23. The minimum Gasteiger partial charge on any atom is -0.379 e. The summed E-state index contributed by atoms with van der Waals surface area (Å²) in [6.07, 6.45) is -7.52. The smallest absolute Gasteiger partial charge is 0.379 e. The molecule has 1 aromatic rings. The van der Waals surface area contributed by atoms with Crippen molar-refractivity contribution in [3.8, 4) is 0 Å². The minimum atomic E-state index is -4.82. The maximum Gasteiger partial charge on any atom is 0.418 e. The first-order valence-electron chi connectivity index (χ1n) is 3.81. The highest BCUT2D eigenvalue weighted by molar-refractivity contribution is 5.35. The summed E-state index contributed by atoms with van der Waals surface area (Å²) in [5.41, 5.74) is -1.03. The number of hydrogen-bond donors (Lipinski definition) is 1. The molecule has 4 nitrogen and oxygen atoms in total. The van der Waals surface area contributed by atoms with Gasteiger partial charge in [0.1, 0.15) is 0 Å². The van der Waals surface area contributed by atoms with Crippen molar-refractivity contribution >= 4 is 5.69 Å². The van der Waals surface area contributed by atoms with E-state index in [9.17, 15) is 23.3 Å². The summed E-state index contributed by atoms with van der Waals surface area (Å²) < 4.78 is 36.1. The summed E-state index contributed by atoms with van der Waals surface area (Å²) in [4.78, 5) is 9.44. The number of hydrogen-bond acceptors (Lipinski definition) is 3. The number of nitro benzene ring substituents is 1. The topological polar surface area (TPSA) is 63.4 Å². The third-order valence-corrected chi connectivity index (χ3v) is 1.71. The summed E-state index contributed by atoms with van der Waals surface area (Å²) in [5.74, 6) is 0. The molecule has 0 spiro atoms. The van der Waals surface area contributed by atoms with Crippen LogP contribution in [-0.2, 0) is 0 Å². The number of halogens is 3. The minimum absolute atomic E-state index is 0.490. The van der Waals surface area contributed by atoms with E-state index >= 15 is 0 Å². The first-order chi connectivity index (χ1) is 6.82. The molecule has 0 amide bonds. The van der Waals surface area contributed by atoms with Crippen LogP contribution in [0, 0.1) is 10.1 Å². The number of nitro groups is 1. The van der Waals surface area contributed by atoms with Crippen LogP contribution in [0.3, 0.4) is 0 Å². The zero-order valence-electron chi connectivity index (χ0n) is 7.23. The van der Waals surface area contributed by atoms with Crippen LogP contribution in [0.4, 0.5) is 18.9 Å². The molecular weight excluding hydrogens is 215 g/mol. The van der Waals surface area contributed by atoms with Gasteiger partial charge in [0.05, 0.1) is 4.92 Å². The Morgan fingerprint density at radius 1 is 1.40 bits per heavy atom. The fourth-order valence-electron chi connectivity index (χ4n) is 0.997. The molecule has 0 heterocycles. The number of rotatable bonds is 2. The van der Waals surface area contributed by atoms with Crippen LogP contribution in [0.25, 0.3) is 0 Å². The SMILES string of the molecule is O=[N+]([O-])c1cccc(C(O)C(F)(F)F)c1. The lowest BCUT2D eigenvalue weighted by Gasteiger charge is -2.14. The lowest BCUT2D eigenvalue weighted by molar-refractivity contribution is -0.385. The Labute approximate surface area is 82.1 Å². The maximum atomic E-state index is 12.0. The molecule has 0 radical (unpaired) electrons. The Balaban J connectivity index is 3.06. The molecule has 1 N–H and O–H groups in total. The van der Waals surface area contributed by atoms with Crippen LogP contribution in [0.5, 0.6) is 0 Å². The average molecular weight is 221 g/mol. The molecule has 82 valence electrons. The summed E-state index contributed by atoms with van der Waals surface area (Å²) in [6, 6.07) is 3.80. The van der Waals surface area contributed by atoms with Gasteiger partial charge in [-0.15, -0.1) is 0 Å². The first-order valence-corrected chi connectivity index (χ1v) is 3.81. The number of alkyl halides is 3. The van der Waals surface area contributed by atoms with E-state index in [-0.39, 0.29) is 0 Å². The van der Waals surface area contributed by atoms with Gasteiger partial charge in [0.25, 0.3) is 5.69 Å². The molecule has 0 aliphatic carbocycles. The van der Waals surface area contributed by atoms with Gasteiger partial charge in [-0.3, -0.25) is 10.1 Å². The van der Waals surface area contributed by atoms with Gasteiger partial charge < -0.3 is 5.11 Å². The second-order valence-corrected chi connectivity index (χ2v) is 2.80. The number of aliphatic hydroxyl groups excluding tert-OH is 1. The molecule has 0 saturated carbocycles. The molecule has 0 bridgehead atoms. The van der Waals surface area contributed by atoms with Gasteiger partial charge in [-0.25, -0.2) is 0 Å². The molecule has 0 aromatic heterocycles. The van der Waals surface area contributed by atoms with Crippen LogP contribution in [0.15, 0.2) is 24.3 Å². The molecule has 0 aliphatic heterocycles. The maximum absolute atomic E-state index is 12.0. The Hall–Kier alpha value is -1.63. The quantitative estimate of drug-likeness (QED) is 0.615. The molecule has 1 unspecified atom stereocenters. The first kappa shape index (κ1) is 11.4. The highest BCUT2D eigenvalue weighted by atomic mass is 19.4. The summed E-state index contributed by atoms with van der Waals surface area (Å²) in [6.45, 7) is 0. The molecule has 1 rings (SSSR count). The number of benzene rings is 1. The molecule has 0 aliphatic rings. The predicted molar refractivity (Wildman–Crippen MR) is 44.1 cm³/mol. The Bertz CT molecular complexity index is 378. The molecule has 15 heavy (non-hydrogen) atoms. The molecular formula is C8H6F3NO3. The molecule has 0 saturated heterocycles. The van der Waals surface area contributed by atoms with Gasteiger partial charge in [-0.2, -0.15) is 13.2 Å². The van der Waals surface area contributed by atoms with E-state index in [4.69, 9.17) is 5.11 Å². The van der Waals surface area contributed by atoms with Crippen LogP contribution in [-0.4, -0.2) is 16.2 Å². The summed E-state index contributed by atoms with van der Waals surface area (Å²) in [7, 11) is 0. The highest BCUT2D eigenvalue weighted by Crippen LogP contribution is 2.33. The number of non-ortho nitro benzene ring substituents is 1. The standard InChI is InChI=1S/C8H6F3NO3/c9-8(10,11)7(13)5-2-1-3-6(4-5)12(14)15/h1-4,7,13H. The highest BCUT2D eigenvalue weighted by Gasteiger charge is 2.39. The van der Waals surface area contributed by atoms with Crippen molar-refractivity contribution in [2.45, 2.75) is 12.3 Å². The van der Waals surface area contributed by atoms with Crippen molar-refractivity contribution in [1.82, 2.24) is 0 Å². The van der Waals surface area contributed by atoms with Crippen molar-refractivity contribution < 1.29 is 23.2 Å². The van der Waals surface area contributed by atoms with Gasteiger partial charge in [0.2, 0.25) is 0 Å². The normalized spacial score (nSPS) is 13.6. The fourth-order valence-corrected chi connectivity index (χ4v) is 0.997. The number of aliphatic hydroxyl groups is 1. The third kappa shape index (κ3) is 2.66. The molecule has 1 aromatic carbocycles. The lowest BCUT2D eigenvalue weighted by Crippen LogP contribution is -2.20.